The first kappa shape index (κ1) is 37.0. The van der Waals surface area contributed by atoms with E-state index in [2.05, 4.69) is 56.6 Å². The van der Waals surface area contributed by atoms with Crippen LogP contribution in [0, 0.1) is 5.92 Å². The maximum Gasteiger partial charge on any atom is 0.407 e. The van der Waals surface area contributed by atoms with E-state index < -0.39 is 37.4 Å². The molecule has 9 heteroatoms. The van der Waals surface area contributed by atoms with Crippen molar-refractivity contribution in [1.29, 1.82) is 0 Å². The normalized spacial score (nSPS) is 14.3. The van der Waals surface area contributed by atoms with Crippen molar-refractivity contribution >= 4 is 26.3 Å². The largest absolute Gasteiger partial charge is 0.479 e. The minimum absolute atomic E-state index is 0.0322. The van der Waals surface area contributed by atoms with Crippen molar-refractivity contribution in [3.05, 3.63) is 71.8 Å². The first-order valence-corrected chi connectivity index (χ1v) is 18.6. The molecule has 0 aliphatic rings. The Kier molecular flexibility index (Phi) is 13.7. The number of hydrogen-bond acceptors (Lipinski definition) is 5. The number of carboxylic acid groups (broad SMARTS) is 1. The van der Waals surface area contributed by atoms with Crippen LogP contribution in [0.25, 0.3) is 0 Å². The SMILES string of the molecule is CC(C)(C)OC(=O)NCC(CO[Si](C)(C)C(C)(C)C)[C@@](Cc1ccccc1)(NC(=O)CCCCCc1ccccc1)C(=O)O. The molecule has 1 unspecified atom stereocenters. The fourth-order valence-electron chi connectivity index (χ4n) is 4.68. The number of amides is 2. The molecule has 0 spiro atoms. The number of aliphatic carboxylic acids is 1. The number of alkyl carbamates (subject to hydrolysis) is 1. The van der Waals surface area contributed by atoms with Crippen LogP contribution in [-0.4, -0.2) is 55.7 Å². The average molecular weight is 627 g/mol. The zero-order valence-electron chi connectivity index (χ0n) is 28.0. The lowest BCUT2D eigenvalue weighted by molar-refractivity contribution is -0.151. The van der Waals surface area contributed by atoms with Gasteiger partial charge >= 0.3 is 12.1 Å². The molecule has 2 aromatic rings. The molecule has 0 saturated heterocycles. The summed E-state index contributed by atoms with van der Waals surface area (Å²) in [6.45, 7) is 15.8. The minimum Gasteiger partial charge on any atom is -0.479 e. The molecule has 0 radical (unpaired) electrons. The molecule has 2 atom stereocenters. The highest BCUT2D eigenvalue weighted by molar-refractivity contribution is 6.74. The number of carbonyl (C=O) groups excluding carboxylic acids is 2. The van der Waals surface area contributed by atoms with Gasteiger partial charge in [-0.25, -0.2) is 9.59 Å². The Bertz CT molecular complexity index is 1190. The third-order valence-corrected chi connectivity index (χ3v) is 12.8. The quantitative estimate of drug-likeness (QED) is 0.135. The molecular formula is C35H54N2O6Si. The Balaban J connectivity index is 2.33. The van der Waals surface area contributed by atoms with E-state index >= 15 is 0 Å². The van der Waals surface area contributed by atoms with Crippen LogP contribution in [0.3, 0.4) is 0 Å². The summed E-state index contributed by atoms with van der Waals surface area (Å²) in [5, 5.41) is 16.5. The van der Waals surface area contributed by atoms with Gasteiger partial charge in [0.1, 0.15) is 11.1 Å². The third kappa shape index (κ3) is 12.1. The van der Waals surface area contributed by atoms with Crippen molar-refractivity contribution in [3.63, 3.8) is 0 Å². The average Bonchev–Trinajstić information content (AvgIpc) is 2.92. The van der Waals surface area contributed by atoms with Crippen molar-refractivity contribution in [2.24, 2.45) is 5.92 Å². The topological polar surface area (TPSA) is 114 Å². The third-order valence-electron chi connectivity index (χ3n) is 8.32. The Morgan fingerprint density at radius 2 is 1.41 bits per heavy atom. The molecule has 0 saturated carbocycles. The molecule has 44 heavy (non-hydrogen) atoms. The van der Waals surface area contributed by atoms with Gasteiger partial charge in [-0.3, -0.25) is 4.79 Å². The number of nitrogens with one attached hydrogen (secondary N) is 2. The number of unbranched alkanes of at least 4 members (excludes halogenated alkanes) is 2. The number of carboxylic acids is 1. The summed E-state index contributed by atoms with van der Waals surface area (Å²) in [6, 6.07) is 19.5. The summed E-state index contributed by atoms with van der Waals surface area (Å²) >= 11 is 0. The molecule has 2 rings (SSSR count). The van der Waals surface area contributed by atoms with Gasteiger partial charge in [0, 0.05) is 31.9 Å². The van der Waals surface area contributed by atoms with Gasteiger partial charge in [0.2, 0.25) is 5.91 Å². The van der Waals surface area contributed by atoms with Crippen LogP contribution in [0.4, 0.5) is 4.79 Å². The molecule has 0 fully saturated rings. The Morgan fingerprint density at radius 3 is 1.93 bits per heavy atom. The maximum atomic E-state index is 13.5. The monoisotopic (exact) mass is 626 g/mol. The zero-order chi connectivity index (χ0) is 33.0. The van der Waals surface area contributed by atoms with Crippen molar-refractivity contribution in [1.82, 2.24) is 10.6 Å². The second-order valence-corrected chi connectivity index (χ2v) is 19.0. The summed E-state index contributed by atoms with van der Waals surface area (Å²) in [6.07, 6.45) is 2.93. The molecule has 0 heterocycles. The van der Waals surface area contributed by atoms with Crippen LogP contribution >= 0.6 is 0 Å². The van der Waals surface area contributed by atoms with Gasteiger partial charge in [-0.1, -0.05) is 87.9 Å². The van der Waals surface area contributed by atoms with Crippen LogP contribution in [0.1, 0.15) is 78.4 Å². The summed E-state index contributed by atoms with van der Waals surface area (Å²) in [7, 11) is -2.32. The Hall–Kier alpha value is -3.17. The lowest BCUT2D eigenvalue weighted by Crippen LogP contribution is -2.64. The van der Waals surface area contributed by atoms with Crippen molar-refractivity contribution in [2.75, 3.05) is 13.2 Å². The number of aryl methyl sites for hydroxylation is 1. The number of hydrogen-bond donors (Lipinski definition) is 3. The molecule has 0 bridgehead atoms. The summed E-state index contributed by atoms with van der Waals surface area (Å²) in [5.41, 5.74) is -0.445. The van der Waals surface area contributed by atoms with E-state index in [1.807, 2.05) is 48.5 Å². The van der Waals surface area contributed by atoms with Gasteiger partial charge in [0.15, 0.2) is 8.32 Å². The van der Waals surface area contributed by atoms with Gasteiger partial charge in [-0.15, -0.1) is 0 Å². The number of ether oxygens (including phenoxy) is 1. The van der Waals surface area contributed by atoms with E-state index in [9.17, 15) is 19.5 Å². The van der Waals surface area contributed by atoms with Crippen LogP contribution in [-0.2, 0) is 31.6 Å². The fourth-order valence-corrected chi connectivity index (χ4v) is 5.73. The van der Waals surface area contributed by atoms with Crippen LogP contribution in [0.5, 0.6) is 0 Å². The smallest absolute Gasteiger partial charge is 0.407 e. The standard InChI is InChI=1S/C35H54N2O6Si/c1-33(2,3)43-32(41)36-25-29(26-42-44(7,8)34(4,5)6)35(31(39)40,24-28-21-15-10-16-22-28)37-30(38)23-17-11-14-20-27-18-12-9-13-19-27/h9-10,12-13,15-16,18-19,21-22,29H,11,14,17,20,23-26H2,1-8H3,(H,36,41)(H,37,38)(H,39,40)/t29?,35-/m1/s1. The fraction of sp³-hybridized carbons (Fsp3) is 0.571. The Labute approximate surface area is 265 Å². The highest BCUT2D eigenvalue weighted by Gasteiger charge is 2.49. The highest BCUT2D eigenvalue weighted by Crippen LogP contribution is 2.37. The van der Waals surface area contributed by atoms with Crippen LogP contribution in [0.15, 0.2) is 60.7 Å². The van der Waals surface area contributed by atoms with E-state index in [1.165, 1.54) is 5.56 Å². The second-order valence-electron chi connectivity index (χ2n) is 14.2. The summed E-state index contributed by atoms with van der Waals surface area (Å²) in [5.74, 6) is -2.30. The molecular weight excluding hydrogens is 572 g/mol. The van der Waals surface area contributed by atoms with E-state index in [1.54, 1.807) is 20.8 Å². The van der Waals surface area contributed by atoms with Crippen LogP contribution < -0.4 is 10.6 Å². The highest BCUT2D eigenvalue weighted by atomic mass is 28.4. The zero-order valence-corrected chi connectivity index (χ0v) is 29.0. The molecule has 8 nitrogen and oxygen atoms in total. The van der Waals surface area contributed by atoms with E-state index in [4.69, 9.17) is 9.16 Å². The predicted molar refractivity (Wildman–Crippen MR) is 178 cm³/mol. The van der Waals surface area contributed by atoms with E-state index in [-0.39, 0.29) is 36.9 Å². The summed E-state index contributed by atoms with van der Waals surface area (Å²) in [4.78, 5) is 39.5. The molecule has 0 aliphatic heterocycles. The number of rotatable bonds is 16. The minimum atomic E-state index is -2.32. The van der Waals surface area contributed by atoms with Crippen LogP contribution in [0.2, 0.25) is 18.1 Å². The summed E-state index contributed by atoms with van der Waals surface area (Å²) < 4.78 is 12.0. The molecule has 0 aliphatic carbocycles. The maximum absolute atomic E-state index is 13.5. The van der Waals surface area contributed by atoms with Gasteiger partial charge in [0.05, 0.1) is 0 Å². The van der Waals surface area contributed by atoms with E-state index in [0.29, 0.717) is 6.42 Å². The van der Waals surface area contributed by atoms with Crippen molar-refractivity contribution in [3.8, 4) is 0 Å². The molecule has 3 N–H and O–H groups in total. The molecule has 244 valence electrons. The van der Waals surface area contributed by atoms with Crippen molar-refractivity contribution in [2.45, 2.75) is 109 Å². The first-order valence-electron chi connectivity index (χ1n) is 15.7. The molecule has 0 aromatic heterocycles. The van der Waals surface area contributed by atoms with Crippen molar-refractivity contribution < 1.29 is 28.7 Å². The predicted octanol–water partition coefficient (Wildman–Crippen LogP) is 7.13. The lowest BCUT2D eigenvalue weighted by atomic mass is 9.78. The number of benzene rings is 2. The first-order chi connectivity index (χ1) is 20.4. The number of carbonyl (C=O) groups is 3. The van der Waals surface area contributed by atoms with E-state index in [0.717, 1.165) is 24.8 Å². The lowest BCUT2D eigenvalue weighted by Gasteiger charge is -2.42. The Morgan fingerprint density at radius 1 is 0.841 bits per heavy atom. The molecule has 2 amide bonds. The second kappa shape index (κ2) is 16.2. The van der Waals surface area contributed by atoms with Gasteiger partial charge in [0.25, 0.3) is 0 Å². The van der Waals surface area contributed by atoms with Gasteiger partial charge in [-0.2, -0.15) is 0 Å². The van der Waals surface area contributed by atoms with Gasteiger partial charge < -0.3 is 24.9 Å². The molecule has 2 aromatic carbocycles. The van der Waals surface area contributed by atoms with Gasteiger partial charge in [-0.05, 0) is 69.3 Å².